The number of anilines is 1. The first kappa shape index (κ1) is 13.1. The van der Waals surface area contributed by atoms with Crippen LogP contribution in [0.3, 0.4) is 0 Å². The fourth-order valence-electron chi connectivity index (χ4n) is 1.14. The zero-order chi connectivity index (χ0) is 12.1. The van der Waals surface area contributed by atoms with E-state index >= 15 is 0 Å². The largest absolute Gasteiger partial charge is 0.374 e. The van der Waals surface area contributed by atoms with E-state index in [9.17, 15) is 9.18 Å². The summed E-state index contributed by atoms with van der Waals surface area (Å²) in [5.74, 6) is -0.697. The molecule has 0 heterocycles. The zero-order valence-electron chi connectivity index (χ0n) is 8.61. The second-order valence-corrected chi connectivity index (χ2v) is 3.87. The van der Waals surface area contributed by atoms with Gasteiger partial charge in [0.15, 0.2) is 0 Å². The summed E-state index contributed by atoms with van der Waals surface area (Å²) >= 11 is 11.6. The van der Waals surface area contributed by atoms with Crippen molar-refractivity contribution >= 4 is 34.8 Å². The molecule has 0 aliphatic carbocycles. The normalized spacial score (nSPS) is 10.0. The quantitative estimate of drug-likeness (QED) is 0.878. The Labute approximate surface area is 103 Å². The summed E-state index contributed by atoms with van der Waals surface area (Å²) in [7, 11) is 0. The van der Waals surface area contributed by atoms with Gasteiger partial charge in [0, 0.05) is 6.54 Å². The SMILES string of the molecule is CCNC(=O)CNc1c(Cl)cc(F)cc1Cl. The van der Waals surface area contributed by atoms with Crippen LogP contribution >= 0.6 is 23.2 Å². The van der Waals surface area contributed by atoms with Crippen molar-refractivity contribution in [2.24, 2.45) is 0 Å². The van der Waals surface area contributed by atoms with Crippen LogP contribution in [0.2, 0.25) is 10.0 Å². The van der Waals surface area contributed by atoms with Crippen molar-refractivity contribution in [3.05, 3.63) is 28.0 Å². The monoisotopic (exact) mass is 264 g/mol. The van der Waals surface area contributed by atoms with Gasteiger partial charge in [-0.3, -0.25) is 4.79 Å². The second kappa shape index (κ2) is 5.92. The van der Waals surface area contributed by atoms with Gasteiger partial charge in [-0.2, -0.15) is 0 Å². The fourth-order valence-corrected chi connectivity index (χ4v) is 1.73. The standard InChI is InChI=1S/C10H11Cl2FN2O/c1-2-14-9(16)5-15-10-7(11)3-6(13)4-8(10)12/h3-4,15H,2,5H2,1H3,(H,14,16). The molecule has 0 atom stereocenters. The maximum absolute atomic E-state index is 12.9. The average Bonchev–Trinajstić information content (AvgIpc) is 2.16. The molecule has 1 rings (SSSR count). The lowest BCUT2D eigenvalue weighted by atomic mass is 10.3. The Balaban J connectivity index is 2.70. The van der Waals surface area contributed by atoms with Crippen LogP contribution in [0.5, 0.6) is 0 Å². The van der Waals surface area contributed by atoms with Crippen LogP contribution in [-0.4, -0.2) is 19.0 Å². The van der Waals surface area contributed by atoms with Crippen LogP contribution in [0.4, 0.5) is 10.1 Å². The molecular formula is C10H11Cl2FN2O. The van der Waals surface area contributed by atoms with E-state index in [1.54, 1.807) is 0 Å². The number of halogens is 3. The van der Waals surface area contributed by atoms with Crippen LogP contribution in [-0.2, 0) is 4.79 Å². The van der Waals surface area contributed by atoms with Crippen molar-refractivity contribution in [3.63, 3.8) is 0 Å². The van der Waals surface area contributed by atoms with Gasteiger partial charge in [0.25, 0.3) is 0 Å². The van der Waals surface area contributed by atoms with Crippen molar-refractivity contribution < 1.29 is 9.18 Å². The molecule has 1 amide bonds. The van der Waals surface area contributed by atoms with Gasteiger partial charge in [-0.25, -0.2) is 4.39 Å². The summed E-state index contributed by atoms with van der Waals surface area (Å²) < 4.78 is 12.9. The summed E-state index contributed by atoms with van der Waals surface area (Å²) in [5, 5.41) is 5.65. The Morgan fingerprint density at radius 2 is 1.94 bits per heavy atom. The molecule has 0 aromatic heterocycles. The molecule has 0 unspecified atom stereocenters. The molecular weight excluding hydrogens is 254 g/mol. The van der Waals surface area contributed by atoms with Gasteiger partial charge in [0.2, 0.25) is 5.91 Å². The maximum Gasteiger partial charge on any atom is 0.239 e. The van der Waals surface area contributed by atoms with Gasteiger partial charge >= 0.3 is 0 Å². The lowest BCUT2D eigenvalue weighted by molar-refractivity contribution is -0.119. The highest BCUT2D eigenvalue weighted by molar-refractivity contribution is 6.39. The Morgan fingerprint density at radius 3 is 2.44 bits per heavy atom. The summed E-state index contributed by atoms with van der Waals surface area (Å²) in [6, 6.07) is 2.26. The van der Waals surface area contributed by atoms with E-state index in [1.807, 2.05) is 6.92 Å². The van der Waals surface area contributed by atoms with Crippen molar-refractivity contribution in [3.8, 4) is 0 Å². The number of benzene rings is 1. The van der Waals surface area contributed by atoms with Crippen molar-refractivity contribution in [1.82, 2.24) is 5.32 Å². The molecule has 6 heteroatoms. The molecule has 0 radical (unpaired) electrons. The van der Waals surface area contributed by atoms with Crippen LogP contribution in [0.25, 0.3) is 0 Å². The van der Waals surface area contributed by atoms with Gasteiger partial charge in [0.1, 0.15) is 5.82 Å². The third-order valence-corrected chi connectivity index (χ3v) is 2.40. The van der Waals surface area contributed by atoms with Crippen LogP contribution in [0.1, 0.15) is 6.92 Å². The van der Waals surface area contributed by atoms with Gasteiger partial charge in [-0.1, -0.05) is 23.2 Å². The number of rotatable bonds is 4. The van der Waals surface area contributed by atoms with Crippen LogP contribution < -0.4 is 10.6 Å². The third kappa shape index (κ3) is 3.54. The molecule has 0 bridgehead atoms. The predicted octanol–water partition coefficient (Wildman–Crippen LogP) is 2.68. The average molecular weight is 265 g/mol. The molecule has 0 aliphatic rings. The topological polar surface area (TPSA) is 41.1 Å². The highest BCUT2D eigenvalue weighted by Gasteiger charge is 2.09. The van der Waals surface area contributed by atoms with Crippen molar-refractivity contribution in [2.75, 3.05) is 18.4 Å². The highest BCUT2D eigenvalue weighted by Crippen LogP contribution is 2.30. The van der Waals surface area contributed by atoms with Crippen LogP contribution in [0, 0.1) is 5.82 Å². The smallest absolute Gasteiger partial charge is 0.239 e. The lowest BCUT2D eigenvalue weighted by Crippen LogP contribution is -2.29. The second-order valence-electron chi connectivity index (χ2n) is 3.05. The Morgan fingerprint density at radius 1 is 1.38 bits per heavy atom. The molecule has 2 N–H and O–H groups in total. The molecule has 1 aromatic rings. The molecule has 3 nitrogen and oxygen atoms in total. The molecule has 0 spiro atoms. The van der Waals surface area contributed by atoms with E-state index in [-0.39, 0.29) is 22.5 Å². The van der Waals surface area contributed by atoms with E-state index in [1.165, 1.54) is 0 Å². The summed E-state index contributed by atoms with van der Waals surface area (Å²) in [5.41, 5.74) is 0.357. The number of carbonyl (C=O) groups is 1. The summed E-state index contributed by atoms with van der Waals surface area (Å²) in [6.07, 6.45) is 0. The number of amides is 1. The number of hydrogen-bond acceptors (Lipinski definition) is 2. The zero-order valence-corrected chi connectivity index (χ0v) is 10.1. The number of nitrogens with one attached hydrogen (secondary N) is 2. The molecule has 0 fully saturated rings. The minimum absolute atomic E-state index is 0.0406. The molecule has 1 aromatic carbocycles. The number of carbonyl (C=O) groups excluding carboxylic acids is 1. The first-order chi connectivity index (χ1) is 7.54. The minimum atomic E-state index is -0.515. The van der Waals surface area contributed by atoms with Crippen molar-refractivity contribution in [2.45, 2.75) is 6.92 Å². The van der Waals surface area contributed by atoms with Gasteiger partial charge < -0.3 is 10.6 Å². The Bertz CT molecular complexity index is 375. The fraction of sp³-hybridized carbons (Fsp3) is 0.300. The minimum Gasteiger partial charge on any atom is -0.374 e. The third-order valence-electron chi connectivity index (χ3n) is 1.81. The lowest BCUT2D eigenvalue weighted by Gasteiger charge is -2.10. The van der Waals surface area contributed by atoms with E-state index in [4.69, 9.17) is 23.2 Å². The molecule has 16 heavy (non-hydrogen) atoms. The predicted molar refractivity (Wildman–Crippen MR) is 63.6 cm³/mol. The van der Waals surface area contributed by atoms with Gasteiger partial charge in [0.05, 0.1) is 22.3 Å². The van der Waals surface area contributed by atoms with Gasteiger partial charge in [-0.15, -0.1) is 0 Å². The Kier molecular flexibility index (Phi) is 4.83. The Hall–Kier alpha value is -1.00. The van der Waals surface area contributed by atoms with E-state index in [2.05, 4.69) is 10.6 Å². The molecule has 0 saturated heterocycles. The van der Waals surface area contributed by atoms with E-state index in [0.717, 1.165) is 12.1 Å². The summed E-state index contributed by atoms with van der Waals surface area (Å²) in [6.45, 7) is 2.40. The number of hydrogen-bond donors (Lipinski definition) is 2. The molecule has 0 saturated carbocycles. The highest BCUT2D eigenvalue weighted by atomic mass is 35.5. The van der Waals surface area contributed by atoms with E-state index < -0.39 is 5.82 Å². The van der Waals surface area contributed by atoms with Crippen molar-refractivity contribution in [1.29, 1.82) is 0 Å². The first-order valence-electron chi connectivity index (χ1n) is 4.69. The maximum atomic E-state index is 12.9. The summed E-state index contributed by atoms with van der Waals surface area (Å²) in [4.78, 5) is 11.2. The number of likely N-dealkylation sites (N-methyl/N-ethyl adjacent to an activating group) is 1. The molecule has 88 valence electrons. The van der Waals surface area contributed by atoms with Crippen LogP contribution in [0.15, 0.2) is 12.1 Å². The van der Waals surface area contributed by atoms with E-state index in [0.29, 0.717) is 12.2 Å². The van der Waals surface area contributed by atoms with Gasteiger partial charge in [-0.05, 0) is 19.1 Å². The first-order valence-corrected chi connectivity index (χ1v) is 5.45. The molecule has 0 aliphatic heterocycles.